The Hall–Kier alpha value is -12.7. The minimum Gasteiger partial charge on any atom is -0.450 e. The lowest BCUT2D eigenvalue weighted by Crippen LogP contribution is -2.47. The van der Waals surface area contributed by atoms with Crippen LogP contribution >= 0.6 is 78.3 Å². The highest BCUT2D eigenvalue weighted by Gasteiger charge is 2.42. The van der Waals surface area contributed by atoms with E-state index in [1.807, 2.05) is 154 Å². The minimum atomic E-state index is -0.457. The number of anilines is 2. The number of fused-ring (bicyclic) bond motifs is 15. The average Bonchev–Trinajstić information content (AvgIpc) is 1.63. The average molecular weight is 2110 g/mol. The maximum Gasteiger partial charge on any atom is 0.416 e. The summed E-state index contributed by atoms with van der Waals surface area (Å²) in [4.78, 5) is 127. The van der Waals surface area contributed by atoms with Crippen LogP contribution in [0, 0.1) is 5.92 Å². The van der Waals surface area contributed by atoms with E-state index in [1.165, 1.54) is 44.2 Å². The Labute approximate surface area is 853 Å². The van der Waals surface area contributed by atoms with Gasteiger partial charge in [-0.15, -0.1) is 0 Å². The molecule has 6 aliphatic heterocycles. The first-order valence-corrected chi connectivity index (χ1v) is 50.3. The second-order valence-corrected chi connectivity index (χ2v) is 39.7. The van der Waals surface area contributed by atoms with Gasteiger partial charge in [-0.3, -0.25) is 29.2 Å². The number of halogens is 6. The molecule has 5 unspecified atom stereocenters. The fraction of sp³-hybridized carbons (Fsp3) is 0.321. The standard InChI is InChI=1S/C26H29BrN4O3.C24H21Cl2N5O2.C22H22BrN3O3.C20H22ClN5O2.C14H17ClN2/c1-3-34-26(33)31-11-10-20-21-16-19(27)8-9-22(21)28-23(20)24(31)17-4-6-18(7-5-17)25(32)30-14-12-29(2)13-15-30;1-30(2)23-27-12-14(13-28-23)22-21-18(19-11-16(26)5-8-20(19)29-21)9-10-31(22)24(32)33-17-6-3-15(25)4-7-17;1-3-29-22(28)26-11-10-16-17-12-15(23)8-9-18(17)25-19(16)20(26)13-4-6-14(7-5-13)21(27)24-2;1-4-28-20(27)26-8-7-14-15-9-13(21)5-6-16(15)24-17(14)18(26)12-10-22-19(23-11-12)25(2)3;1-8(2)13-14-10(5-6-16-13)11-7-9(15)3-4-12(11)17-14/h4-9,16,24,28H,3,10-15H2,1-2H3;3-8,11-13,22,29H,9-10H2,1-2H3;4-9,12,20,25H,3,10-11H2,1-2H3,(H,24,27);5-6,9-11,18,24H,4,7-8H2,1-3H3;3-4,7-8,13,16-17H,5-6H2,1-2H3. The zero-order valence-electron chi connectivity index (χ0n) is 80.1. The molecule has 15 aromatic rings. The predicted molar refractivity (Wildman–Crippen MR) is 561 cm³/mol. The van der Waals surface area contributed by atoms with Crippen LogP contribution in [-0.2, 0) is 46.3 Å². The Morgan fingerprint density at radius 2 is 0.745 bits per heavy atom. The summed E-state index contributed by atoms with van der Waals surface area (Å²) in [6.45, 7) is 17.4. The number of nitrogens with zero attached hydrogens (tertiary/aromatic N) is 12. The number of ether oxygens (including phenoxy) is 4. The number of aromatic nitrogens is 9. The molecule has 21 rings (SSSR count). The summed E-state index contributed by atoms with van der Waals surface area (Å²) in [6.07, 6.45) is 9.56. The van der Waals surface area contributed by atoms with Crippen molar-refractivity contribution in [2.75, 3.05) is 131 Å². The van der Waals surface area contributed by atoms with Gasteiger partial charge in [-0.05, 0) is 251 Å². The number of aromatic amines is 5. The van der Waals surface area contributed by atoms with Gasteiger partial charge < -0.3 is 74.1 Å². The van der Waals surface area contributed by atoms with Crippen LogP contribution in [0.3, 0.4) is 0 Å². The summed E-state index contributed by atoms with van der Waals surface area (Å²) in [5, 5.41) is 14.7. The summed E-state index contributed by atoms with van der Waals surface area (Å²) in [7, 11) is 11.2. The van der Waals surface area contributed by atoms with E-state index in [0.29, 0.717) is 108 Å². The van der Waals surface area contributed by atoms with Crippen molar-refractivity contribution in [3.8, 4) is 5.75 Å². The fourth-order valence-corrected chi connectivity index (χ4v) is 21.0. The van der Waals surface area contributed by atoms with E-state index in [0.717, 1.165) is 161 Å². The third-order valence-corrected chi connectivity index (χ3v) is 28.4. The zero-order valence-corrected chi connectivity index (χ0v) is 86.3. The van der Waals surface area contributed by atoms with Gasteiger partial charge in [-0.1, -0.05) is 116 Å². The quantitative estimate of drug-likeness (QED) is 0.0527. The van der Waals surface area contributed by atoms with Gasteiger partial charge >= 0.3 is 24.4 Å². The molecule has 8 aromatic carbocycles. The number of hydrogen-bond donors (Lipinski definition) is 7. The molecule has 29 nitrogen and oxygen atoms in total. The van der Waals surface area contributed by atoms with E-state index in [4.69, 9.17) is 65.4 Å². The van der Waals surface area contributed by atoms with Crippen LogP contribution in [0.2, 0.25) is 20.1 Å². The van der Waals surface area contributed by atoms with Crippen molar-refractivity contribution in [1.29, 1.82) is 0 Å². The normalized spacial score (nSPS) is 17.0. The van der Waals surface area contributed by atoms with Gasteiger partial charge in [-0.25, -0.2) is 39.1 Å². The van der Waals surface area contributed by atoms with Gasteiger partial charge in [-0.2, -0.15) is 0 Å². The highest BCUT2D eigenvalue weighted by atomic mass is 79.9. The van der Waals surface area contributed by atoms with Gasteiger partial charge in [0.05, 0.1) is 19.8 Å². The number of hydrogen-bond acceptors (Lipinski definition) is 18. The van der Waals surface area contributed by atoms with Crippen LogP contribution in [0.4, 0.5) is 31.1 Å². The second-order valence-electron chi connectivity index (χ2n) is 36.1. The van der Waals surface area contributed by atoms with Gasteiger partial charge in [0, 0.05) is 253 Å². The number of nitrogens with one attached hydrogen (secondary N) is 7. The second kappa shape index (κ2) is 43.8. The fourth-order valence-electron chi connectivity index (χ4n) is 19.7. The lowest BCUT2D eigenvalue weighted by molar-refractivity contribution is 0.0663. The van der Waals surface area contributed by atoms with Gasteiger partial charge in [0.1, 0.15) is 29.9 Å². The zero-order chi connectivity index (χ0) is 99.3. The Morgan fingerprint density at radius 1 is 0.411 bits per heavy atom. The smallest absolute Gasteiger partial charge is 0.416 e. The number of carbonyl (C=O) groups excluding carboxylic acids is 6. The lowest BCUT2D eigenvalue weighted by atomic mass is 9.92. The first-order valence-electron chi connectivity index (χ1n) is 47.2. The highest BCUT2D eigenvalue weighted by molar-refractivity contribution is 9.10. The molecule has 0 spiro atoms. The van der Waals surface area contributed by atoms with E-state index in [2.05, 4.69) is 143 Å². The molecule has 5 atom stereocenters. The summed E-state index contributed by atoms with van der Waals surface area (Å²) in [5.74, 6) is 2.15. The van der Waals surface area contributed by atoms with Crippen molar-refractivity contribution in [3.63, 3.8) is 0 Å². The molecule has 0 radical (unpaired) electrons. The summed E-state index contributed by atoms with van der Waals surface area (Å²) in [5.41, 5.74) is 21.4. The van der Waals surface area contributed by atoms with Crippen LogP contribution in [0.15, 0.2) is 198 Å². The first kappa shape index (κ1) is 99.8. The van der Waals surface area contributed by atoms with E-state index < -0.39 is 12.1 Å². The molecule has 35 heteroatoms. The van der Waals surface area contributed by atoms with Crippen LogP contribution in [0.1, 0.15) is 164 Å². The van der Waals surface area contributed by atoms with Crippen LogP contribution in [0.25, 0.3) is 54.5 Å². The molecule has 6 amide bonds. The Bertz CT molecular complexity index is 7110. The number of amides is 6. The predicted octanol–water partition coefficient (Wildman–Crippen LogP) is 21.7. The number of piperazine rings is 1. The number of rotatable bonds is 13. The molecule has 0 bridgehead atoms. The van der Waals surface area contributed by atoms with Crippen molar-refractivity contribution in [3.05, 3.63) is 307 Å². The van der Waals surface area contributed by atoms with Crippen molar-refractivity contribution in [1.82, 2.24) is 84.9 Å². The molecule has 6 aliphatic rings. The topological polar surface area (TPSA) is 320 Å². The summed E-state index contributed by atoms with van der Waals surface area (Å²) in [6, 6.07) is 50.8. The van der Waals surface area contributed by atoms with Crippen LogP contribution < -0.4 is 25.2 Å². The number of likely N-dealkylation sites (N-methyl/N-ethyl adjacent to an activating group) is 1. The monoisotopic (exact) mass is 2110 g/mol. The molecular formula is C106H111Br2Cl4N19O10. The number of benzene rings is 8. The minimum absolute atomic E-state index is 0.0571. The molecule has 0 saturated carbocycles. The summed E-state index contributed by atoms with van der Waals surface area (Å²) < 4.78 is 23.7. The van der Waals surface area contributed by atoms with E-state index in [-0.39, 0.29) is 48.2 Å². The molecule has 7 N–H and O–H groups in total. The van der Waals surface area contributed by atoms with Gasteiger partial charge in [0.15, 0.2) is 0 Å². The lowest BCUT2D eigenvalue weighted by Gasteiger charge is -2.35. The third-order valence-electron chi connectivity index (χ3n) is 26.5. The molecule has 141 heavy (non-hydrogen) atoms. The van der Waals surface area contributed by atoms with Crippen molar-refractivity contribution < 1.29 is 47.7 Å². The maximum atomic E-state index is 13.3. The highest BCUT2D eigenvalue weighted by Crippen LogP contribution is 2.46. The molecule has 732 valence electrons. The largest absolute Gasteiger partial charge is 0.450 e. The van der Waals surface area contributed by atoms with Crippen LogP contribution in [-0.4, -0.2) is 231 Å². The van der Waals surface area contributed by atoms with Crippen LogP contribution in [0.5, 0.6) is 5.75 Å². The van der Waals surface area contributed by atoms with Gasteiger partial charge in [0.25, 0.3) is 11.8 Å². The Kier molecular flexibility index (Phi) is 31.0. The SMILES string of the molecule is CC(C)C1NCCc2c1[nH]c1ccc(Cl)cc21.CCOC(=O)N1CCc2c([nH]c3ccc(Br)cc23)C1c1ccc(C(=O)N2CCN(C)CC2)cc1.CCOC(=O)N1CCc2c([nH]c3ccc(Br)cc23)C1c1ccc(C(=O)NC)cc1.CCOC(=O)N1CCc2c([nH]c3ccc(Cl)cc23)C1c1cnc(N(C)C)nc1.CN(C)c1ncc(C2c3[nH]c4ccc(Cl)cc4c3CCN2C(=O)Oc2ccc(Cl)cc2)cn1. The van der Waals surface area contributed by atoms with Gasteiger partial charge in [0.2, 0.25) is 11.9 Å². The van der Waals surface area contributed by atoms with Crippen molar-refractivity contribution >= 4 is 181 Å². The molecule has 0 aliphatic carbocycles. The molecule has 1 fully saturated rings. The van der Waals surface area contributed by atoms with Crippen molar-refractivity contribution in [2.45, 2.75) is 96.9 Å². The van der Waals surface area contributed by atoms with E-state index >= 15 is 0 Å². The molecule has 1 saturated heterocycles. The maximum absolute atomic E-state index is 13.3. The van der Waals surface area contributed by atoms with E-state index in [1.54, 1.807) is 94.8 Å². The van der Waals surface area contributed by atoms with Crippen molar-refractivity contribution in [2.24, 2.45) is 5.92 Å². The Morgan fingerprint density at radius 3 is 1.11 bits per heavy atom. The third kappa shape index (κ3) is 21.4. The van der Waals surface area contributed by atoms with E-state index in [9.17, 15) is 28.8 Å². The molecule has 13 heterocycles. The first-order chi connectivity index (χ1) is 68.0. The Balaban J connectivity index is 0.000000123. The molecular weight excluding hydrogens is 2000 g/mol. The number of carbonyl (C=O) groups is 6. The summed E-state index contributed by atoms with van der Waals surface area (Å²) >= 11 is 31.7. The number of H-pyrrole nitrogens is 5. The molecule has 7 aromatic heterocycles.